The van der Waals surface area contributed by atoms with Gasteiger partial charge in [-0.1, -0.05) is 34.8 Å². The summed E-state index contributed by atoms with van der Waals surface area (Å²) < 4.78 is 29.7. The molecule has 3 aromatic carbocycles. The molecule has 0 fully saturated rings. The summed E-state index contributed by atoms with van der Waals surface area (Å²) >= 11 is 17.6. The van der Waals surface area contributed by atoms with Crippen LogP contribution in [0.5, 0.6) is 17.2 Å². The van der Waals surface area contributed by atoms with Crippen LogP contribution in [0.2, 0.25) is 15.1 Å². The lowest BCUT2D eigenvalue weighted by Crippen LogP contribution is -2.07. The van der Waals surface area contributed by atoms with Gasteiger partial charge in [-0.25, -0.2) is 0 Å². The molecule has 0 amide bonds. The largest absolute Gasteiger partial charge is 0.647 e. The zero-order chi connectivity index (χ0) is 18.6. The van der Waals surface area contributed by atoms with E-state index < -0.39 is 7.82 Å². The van der Waals surface area contributed by atoms with Crippen LogP contribution in [0.4, 0.5) is 0 Å². The number of rotatable bonds is 6. The lowest BCUT2D eigenvalue weighted by Gasteiger charge is -2.19. The third-order valence-corrected chi connectivity index (χ3v) is 5.15. The van der Waals surface area contributed by atoms with Crippen molar-refractivity contribution < 1.29 is 18.1 Å². The molecule has 0 aliphatic rings. The number of benzene rings is 3. The number of hydrogen-bond acceptors (Lipinski definition) is 4. The normalized spacial score (nSPS) is 11.0. The Labute approximate surface area is 165 Å². The maximum atomic E-state index is 13.2. The molecule has 134 valence electrons. The highest BCUT2D eigenvalue weighted by Crippen LogP contribution is 2.50. The zero-order valence-electron chi connectivity index (χ0n) is 13.1. The molecule has 0 bridgehead atoms. The van der Waals surface area contributed by atoms with Crippen molar-refractivity contribution in [1.82, 2.24) is 0 Å². The first-order valence-electron chi connectivity index (χ1n) is 7.37. The van der Waals surface area contributed by atoms with Gasteiger partial charge in [0, 0.05) is 15.1 Å². The van der Waals surface area contributed by atoms with E-state index in [1.807, 2.05) is 0 Å². The van der Waals surface area contributed by atoms with Crippen molar-refractivity contribution in [2.45, 2.75) is 0 Å². The average molecular weight is 430 g/mol. The molecule has 0 unspecified atom stereocenters. The number of phosphoric acid groups is 1. The van der Waals surface area contributed by atoms with E-state index >= 15 is 0 Å². The smallest absolute Gasteiger partial charge is 0.386 e. The van der Waals surface area contributed by atoms with Crippen molar-refractivity contribution in [3.63, 3.8) is 0 Å². The summed E-state index contributed by atoms with van der Waals surface area (Å²) in [4.78, 5) is 0. The van der Waals surface area contributed by atoms with Gasteiger partial charge in [0.1, 0.15) is 17.2 Å². The highest BCUT2D eigenvalue weighted by atomic mass is 35.5. The summed E-state index contributed by atoms with van der Waals surface area (Å²) in [6.45, 7) is 0. The van der Waals surface area contributed by atoms with Gasteiger partial charge >= 0.3 is 7.82 Å². The third-order valence-electron chi connectivity index (χ3n) is 3.09. The summed E-state index contributed by atoms with van der Waals surface area (Å²) in [5.74, 6) is 0.835. The minimum absolute atomic E-state index is 0.278. The van der Waals surface area contributed by atoms with E-state index in [0.29, 0.717) is 15.1 Å². The molecule has 0 saturated heterocycles. The van der Waals surface area contributed by atoms with E-state index in [-0.39, 0.29) is 17.2 Å². The summed E-state index contributed by atoms with van der Waals surface area (Å²) in [7, 11) is -4.06. The number of halogens is 3. The highest BCUT2D eigenvalue weighted by molar-refractivity contribution is 7.49. The molecule has 0 spiro atoms. The fourth-order valence-corrected chi connectivity index (χ4v) is 3.56. The van der Waals surface area contributed by atoms with E-state index in [0.717, 1.165) is 0 Å². The molecule has 0 heterocycles. The van der Waals surface area contributed by atoms with Crippen LogP contribution in [-0.4, -0.2) is 0 Å². The SMILES string of the molecule is O=P(Oc1ccc(Cl)cc1)(Oc1ccc(Cl)cc1)Oc1ccc(Cl)cc1. The summed E-state index contributed by atoms with van der Waals surface area (Å²) in [6.07, 6.45) is 0. The lowest BCUT2D eigenvalue weighted by atomic mass is 10.3. The van der Waals surface area contributed by atoms with E-state index in [9.17, 15) is 4.57 Å². The second kappa shape index (κ2) is 8.24. The minimum atomic E-state index is -4.06. The van der Waals surface area contributed by atoms with Gasteiger partial charge in [-0.2, -0.15) is 4.57 Å². The van der Waals surface area contributed by atoms with Crippen LogP contribution in [0.1, 0.15) is 0 Å². The van der Waals surface area contributed by atoms with Crippen LogP contribution in [0, 0.1) is 0 Å². The Bertz CT molecular complexity index is 790. The van der Waals surface area contributed by atoms with E-state index in [1.165, 1.54) is 0 Å². The van der Waals surface area contributed by atoms with Gasteiger partial charge in [0.15, 0.2) is 0 Å². The molecule has 4 nitrogen and oxygen atoms in total. The Morgan fingerprint density at radius 3 is 0.962 bits per heavy atom. The van der Waals surface area contributed by atoms with Crippen molar-refractivity contribution in [2.75, 3.05) is 0 Å². The molecule has 0 aliphatic heterocycles. The van der Waals surface area contributed by atoms with Gasteiger partial charge in [0.2, 0.25) is 0 Å². The first-order valence-corrected chi connectivity index (χ1v) is 9.97. The fourth-order valence-electron chi connectivity index (χ4n) is 1.93. The van der Waals surface area contributed by atoms with Gasteiger partial charge in [-0.3, -0.25) is 0 Å². The molecule has 0 N–H and O–H groups in total. The van der Waals surface area contributed by atoms with Gasteiger partial charge in [0.25, 0.3) is 0 Å². The van der Waals surface area contributed by atoms with Crippen molar-refractivity contribution in [3.8, 4) is 17.2 Å². The second-order valence-electron chi connectivity index (χ2n) is 5.08. The maximum Gasteiger partial charge on any atom is 0.647 e. The van der Waals surface area contributed by atoms with Crippen LogP contribution in [0.15, 0.2) is 72.8 Å². The predicted molar refractivity (Wildman–Crippen MR) is 104 cm³/mol. The summed E-state index contributed by atoms with van der Waals surface area (Å²) in [6, 6.07) is 19.0. The van der Waals surface area contributed by atoms with E-state index in [4.69, 9.17) is 48.4 Å². The van der Waals surface area contributed by atoms with Crippen molar-refractivity contribution in [1.29, 1.82) is 0 Å². The molecule has 26 heavy (non-hydrogen) atoms. The first kappa shape index (κ1) is 18.9. The quantitative estimate of drug-likeness (QED) is 0.386. The van der Waals surface area contributed by atoms with Crippen LogP contribution in [-0.2, 0) is 4.57 Å². The monoisotopic (exact) mass is 428 g/mol. The Kier molecular flexibility index (Phi) is 6.00. The van der Waals surface area contributed by atoms with E-state index in [2.05, 4.69) is 0 Å². The number of phosphoric ester groups is 1. The zero-order valence-corrected chi connectivity index (χ0v) is 16.3. The van der Waals surface area contributed by atoms with Gasteiger partial charge in [0.05, 0.1) is 0 Å². The molecule has 0 aliphatic carbocycles. The Hall–Kier alpha value is -1.84. The number of hydrogen-bond donors (Lipinski definition) is 0. The topological polar surface area (TPSA) is 44.8 Å². The minimum Gasteiger partial charge on any atom is -0.386 e. The fraction of sp³-hybridized carbons (Fsp3) is 0. The third kappa shape index (κ3) is 5.33. The second-order valence-corrected chi connectivity index (χ2v) is 7.83. The standard InChI is InChI=1S/C18H12Cl3O4P/c19-13-1-7-16(8-2-13)23-26(22,24-17-9-3-14(20)4-10-17)25-18-11-5-15(21)6-12-18/h1-12H. The Morgan fingerprint density at radius 2 is 0.731 bits per heavy atom. The van der Waals surface area contributed by atoms with Crippen LogP contribution < -0.4 is 13.6 Å². The van der Waals surface area contributed by atoms with Crippen molar-refractivity contribution in [2.24, 2.45) is 0 Å². The van der Waals surface area contributed by atoms with Gasteiger partial charge < -0.3 is 13.6 Å². The van der Waals surface area contributed by atoms with Crippen molar-refractivity contribution in [3.05, 3.63) is 87.9 Å². The molecule has 0 atom stereocenters. The molecule has 0 aromatic heterocycles. The van der Waals surface area contributed by atoms with Gasteiger partial charge in [-0.15, -0.1) is 0 Å². The predicted octanol–water partition coefficient (Wildman–Crippen LogP) is 7.29. The van der Waals surface area contributed by atoms with Gasteiger partial charge in [-0.05, 0) is 72.8 Å². The molecule has 3 rings (SSSR count). The van der Waals surface area contributed by atoms with Crippen LogP contribution in [0.25, 0.3) is 0 Å². The summed E-state index contributed by atoms with van der Waals surface area (Å²) in [5, 5.41) is 1.55. The Morgan fingerprint density at radius 1 is 0.500 bits per heavy atom. The average Bonchev–Trinajstić information content (AvgIpc) is 2.61. The molecule has 8 heteroatoms. The van der Waals surface area contributed by atoms with Crippen LogP contribution >= 0.6 is 42.6 Å². The molecular weight excluding hydrogens is 418 g/mol. The molecular formula is C18H12Cl3O4P. The molecule has 3 aromatic rings. The lowest BCUT2D eigenvalue weighted by molar-refractivity contribution is 0.298. The first-order chi connectivity index (χ1) is 12.4. The van der Waals surface area contributed by atoms with E-state index in [1.54, 1.807) is 72.8 Å². The molecule has 0 radical (unpaired) electrons. The maximum absolute atomic E-state index is 13.2. The Balaban J connectivity index is 1.88. The molecule has 0 saturated carbocycles. The highest BCUT2D eigenvalue weighted by Gasteiger charge is 2.33. The van der Waals surface area contributed by atoms with Crippen molar-refractivity contribution >= 4 is 42.6 Å². The van der Waals surface area contributed by atoms with Crippen LogP contribution in [0.3, 0.4) is 0 Å². The summed E-state index contributed by atoms with van der Waals surface area (Å²) in [5.41, 5.74) is 0.